The SMILES string of the molecule is C=CC(=O)OCCOCCOCCOCCOCCOCCOCCOCCOCCOCCOCCOCCOCCNC(=O)OC(C)(C)C. The van der Waals surface area contributed by atoms with Gasteiger partial charge in [-0.05, 0) is 20.8 Å². The van der Waals surface area contributed by atoms with Crippen molar-refractivity contribution in [3.63, 3.8) is 0 Å². The minimum Gasteiger partial charge on any atom is -0.460 e. The van der Waals surface area contributed by atoms with Crippen molar-refractivity contribution in [3.05, 3.63) is 12.7 Å². The van der Waals surface area contributed by atoms with Crippen molar-refractivity contribution in [3.8, 4) is 0 Å². The van der Waals surface area contributed by atoms with Gasteiger partial charge in [0.05, 0.1) is 159 Å². The number of hydrogen-bond donors (Lipinski definition) is 1. The standard InChI is InChI=1S/C34H65NO16/c1-5-32(36)50-31-30-49-29-28-48-27-26-47-25-24-46-23-22-45-21-20-44-19-18-43-17-16-42-15-14-41-13-12-40-11-10-39-9-8-38-7-6-35-33(37)51-34(2,3)4/h5H,1,6-31H2,2-4H3,(H,35,37). The van der Waals surface area contributed by atoms with E-state index in [9.17, 15) is 9.59 Å². The summed E-state index contributed by atoms with van der Waals surface area (Å²) >= 11 is 0. The molecule has 0 rings (SSSR count). The average molecular weight is 744 g/mol. The van der Waals surface area contributed by atoms with Crippen LogP contribution in [0.15, 0.2) is 12.7 Å². The van der Waals surface area contributed by atoms with E-state index in [0.29, 0.717) is 165 Å². The molecule has 1 N–H and O–H groups in total. The molecule has 0 aromatic rings. The Morgan fingerprint density at radius 1 is 0.431 bits per heavy atom. The fourth-order valence-corrected chi connectivity index (χ4v) is 3.32. The second-order valence-electron chi connectivity index (χ2n) is 11.1. The van der Waals surface area contributed by atoms with Crippen molar-refractivity contribution in [1.29, 1.82) is 0 Å². The molecule has 0 fully saturated rings. The van der Waals surface area contributed by atoms with Crippen LogP contribution < -0.4 is 5.32 Å². The topological polar surface area (TPSA) is 175 Å². The monoisotopic (exact) mass is 743 g/mol. The number of ether oxygens (including phenoxy) is 14. The van der Waals surface area contributed by atoms with Gasteiger partial charge in [-0.3, -0.25) is 0 Å². The van der Waals surface area contributed by atoms with E-state index >= 15 is 0 Å². The van der Waals surface area contributed by atoms with Crippen LogP contribution >= 0.6 is 0 Å². The molecular formula is C34H65NO16. The van der Waals surface area contributed by atoms with E-state index in [0.717, 1.165) is 6.08 Å². The van der Waals surface area contributed by atoms with E-state index < -0.39 is 17.7 Å². The van der Waals surface area contributed by atoms with Crippen LogP contribution in [0.25, 0.3) is 0 Å². The third kappa shape index (κ3) is 44.1. The van der Waals surface area contributed by atoms with E-state index in [1.165, 1.54) is 0 Å². The maximum absolute atomic E-state index is 11.5. The number of nitrogens with one attached hydrogen (secondary N) is 1. The highest BCUT2D eigenvalue weighted by Crippen LogP contribution is 2.06. The molecule has 0 aliphatic carbocycles. The number of carbonyl (C=O) groups is 2. The Hall–Kier alpha value is -2.00. The number of carbonyl (C=O) groups excluding carboxylic acids is 2. The Morgan fingerprint density at radius 3 is 0.902 bits per heavy atom. The number of esters is 1. The number of hydrogen-bond acceptors (Lipinski definition) is 16. The van der Waals surface area contributed by atoms with Gasteiger partial charge < -0.3 is 71.6 Å². The summed E-state index contributed by atoms with van der Waals surface area (Å²) in [6.07, 6.45) is 0.654. The Bertz CT molecular complexity index is 771. The molecule has 51 heavy (non-hydrogen) atoms. The van der Waals surface area contributed by atoms with Gasteiger partial charge >= 0.3 is 12.1 Å². The molecule has 17 nitrogen and oxygen atoms in total. The Labute approximate surface area is 304 Å². The maximum Gasteiger partial charge on any atom is 0.407 e. The predicted octanol–water partition coefficient (Wildman–Crippen LogP) is 1.44. The zero-order valence-electron chi connectivity index (χ0n) is 31.2. The number of alkyl carbamates (subject to hydrolysis) is 1. The number of amides is 1. The van der Waals surface area contributed by atoms with Crippen LogP contribution in [-0.2, 0) is 71.1 Å². The molecule has 0 atom stereocenters. The molecule has 0 aromatic heterocycles. The first-order chi connectivity index (χ1) is 24.8. The Morgan fingerprint density at radius 2 is 0.667 bits per heavy atom. The zero-order valence-corrected chi connectivity index (χ0v) is 31.2. The summed E-state index contributed by atoms with van der Waals surface area (Å²) in [5.74, 6) is -0.463. The summed E-state index contributed by atoms with van der Waals surface area (Å²) in [6, 6.07) is 0. The van der Waals surface area contributed by atoms with Crippen molar-refractivity contribution >= 4 is 12.1 Å². The van der Waals surface area contributed by atoms with Crippen LogP contribution in [-0.4, -0.2) is 189 Å². The lowest BCUT2D eigenvalue weighted by atomic mass is 10.2. The fraction of sp³-hybridized carbons (Fsp3) is 0.882. The highest BCUT2D eigenvalue weighted by Gasteiger charge is 2.15. The Kier molecular flexibility index (Phi) is 37.7. The van der Waals surface area contributed by atoms with E-state index in [1.807, 2.05) is 20.8 Å². The van der Waals surface area contributed by atoms with E-state index in [1.54, 1.807) is 0 Å². The maximum atomic E-state index is 11.5. The molecule has 0 saturated carbocycles. The van der Waals surface area contributed by atoms with Crippen LogP contribution in [0.1, 0.15) is 20.8 Å². The molecule has 0 saturated heterocycles. The highest BCUT2D eigenvalue weighted by molar-refractivity contribution is 5.81. The molecule has 17 heteroatoms. The van der Waals surface area contributed by atoms with Gasteiger partial charge in [-0.15, -0.1) is 0 Å². The van der Waals surface area contributed by atoms with Gasteiger partial charge in [-0.1, -0.05) is 6.58 Å². The first-order valence-corrected chi connectivity index (χ1v) is 17.5. The molecular weight excluding hydrogens is 678 g/mol. The van der Waals surface area contributed by atoms with Gasteiger partial charge in [-0.25, -0.2) is 9.59 Å². The van der Waals surface area contributed by atoms with Crippen molar-refractivity contribution < 1.29 is 75.9 Å². The van der Waals surface area contributed by atoms with Crippen molar-refractivity contribution in [2.45, 2.75) is 26.4 Å². The summed E-state index contributed by atoms with van der Waals surface area (Å²) in [5, 5.41) is 2.63. The normalized spacial score (nSPS) is 11.5. The first-order valence-electron chi connectivity index (χ1n) is 17.5. The molecule has 0 aliphatic heterocycles. The average Bonchev–Trinajstić information content (AvgIpc) is 3.09. The lowest BCUT2D eigenvalue weighted by Gasteiger charge is -2.19. The van der Waals surface area contributed by atoms with Crippen LogP contribution in [0.4, 0.5) is 4.79 Å². The molecule has 0 spiro atoms. The second kappa shape index (κ2) is 39.2. The summed E-state index contributed by atoms with van der Waals surface area (Å²) in [4.78, 5) is 22.3. The van der Waals surface area contributed by atoms with Crippen molar-refractivity contribution in [1.82, 2.24) is 5.32 Å². The van der Waals surface area contributed by atoms with Gasteiger partial charge in [0.2, 0.25) is 0 Å². The minimum atomic E-state index is -0.516. The van der Waals surface area contributed by atoms with Crippen LogP contribution in [0.5, 0.6) is 0 Å². The van der Waals surface area contributed by atoms with Crippen LogP contribution in [0, 0.1) is 0 Å². The fourth-order valence-electron chi connectivity index (χ4n) is 3.32. The molecule has 0 unspecified atom stereocenters. The van der Waals surface area contributed by atoms with Crippen LogP contribution in [0.3, 0.4) is 0 Å². The summed E-state index contributed by atoms with van der Waals surface area (Å²) in [6.45, 7) is 20.4. The van der Waals surface area contributed by atoms with Crippen molar-refractivity contribution in [2.75, 3.05) is 172 Å². The van der Waals surface area contributed by atoms with E-state index in [-0.39, 0.29) is 6.61 Å². The van der Waals surface area contributed by atoms with Gasteiger partial charge in [0.15, 0.2) is 0 Å². The molecule has 0 heterocycles. The summed E-state index contributed by atoms with van der Waals surface area (Å²) in [7, 11) is 0. The van der Waals surface area contributed by atoms with Gasteiger partial charge in [0.25, 0.3) is 0 Å². The second-order valence-corrected chi connectivity index (χ2v) is 11.1. The lowest BCUT2D eigenvalue weighted by Crippen LogP contribution is -2.34. The third-order valence-corrected chi connectivity index (χ3v) is 5.65. The van der Waals surface area contributed by atoms with Crippen LogP contribution in [0.2, 0.25) is 0 Å². The van der Waals surface area contributed by atoms with Gasteiger partial charge in [0, 0.05) is 12.6 Å². The zero-order chi connectivity index (χ0) is 37.4. The molecule has 0 bridgehead atoms. The lowest BCUT2D eigenvalue weighted by molar-refractivity contribution is -0.139. The van der Waals surface area contributed by atoms with Crippen molar-refractivity contribution in [2.24, 2.45) is 0 Å². The molecule has 1 amide bonds. The Balaban J connectivity index is 3.10. The third-order valence-electron chi connectivity index (χ3n) is 5.65. The van der Waals surface area contributed by atoms with E-state index in [2.05, 4.69) is 11.9 Å². The minimum absolute atomic E-state index is 0.193. The largest absolute Gasteiger partial charge is 0.460 e. The van der Waals surface area contributed by atoms with Gasteiger partial charge in [0.1, 0.15) is 12.2 Å². The summed E-state index contributed by atoms with van der Waals surface area (Å²) < 4.78 is 75.1. The van der Waals surface area contributed by atoms with E-state index in [4.69, 9.17) is 66.3 Å². The molecule has 302 valence electrons. The van der Waals surface area contributed by atoms with Gasteiger partial charge in [-0.2, -0.15) is 0 Å². The smallest absolute Gasteiger partial charge is 0.407 e. The highest BCUT2D eigenvalue weighted by atomic mass is 16.6. The predicted molar refractivity (Wildman–Crippen MR) is 185 cm³/mol. The number of rotatable bonds is 40. The summed E-state index contributed by atoms with van der Waals surface area (Å²) in [5.41, 5.74) is -0.516. The molecule has 0 aliphatic rings. The first kappa shape index (κ1) is 49.0. The molecule has 0 radical (unpaired) electrons. The quantitative estimate of drug-likeness (QED) is 0.0542. The molecule has 0 aromatic carbocycles.